The Labute approximate surface area is 260 Å². The van der Waals surface area contributed by atoms with Gasteiger partial charge in [-0.25, -0.2) is 4.79 Å². The third-order valence-corrected chi connectivity index (χ3v) is 14.0. The van der Waals surface area contributed by atoms with Crippen molar-refractivity contribution < 1.29 is 23.4 Å². The fraction of sp³-hybridized carbons (Fsp3) is 0.528. The van der Waals surface area contributed by atoms with Gasteiger partial charge >= 0.3 is 6.09 Å². The number of carbonyl (C=O) groups excluding carboxylic acids is 1. The van der Waals surface area contributed by atoms with Crippen LogP contribution in [-0.2, 0) is 25.9 Å². The molecule has 1 amide bonds. The van der Waals surface area contributed by atoms with Gasteiger partial charge in [0.05, 0.1) is 30.7 Å². The molecule has 3 atom stereocenters. The zero-order chi connectivity index (χ0) is 31.8. The maximum atomic E-state index is 14.1. The Morgan fingerprint density at radius 3 is 2.30 bits per heavy atom. The van der Waals surface area contributed by atoms with Gasteiger partial charge in [0.2, 0.25) is 8.32 Å². The number of allylic oxidation sites excluding steroid dienone is 1. The van der Waals surface area contributed by atoms with Gasteiger partial charge in [-0.3, -0.25) is 4.90 Å². The number of anilines is 1. The lowest BCUT2D eigenvalue weighted by Crippen LogP contribution is -2.47. The molecule has 0 bridgehead atoms. The molecule has 1 aliphatic carbocycles. The number of rotatable bonds is 12. The van der Waals surface area contributed by atoms with Crippen molar-refractivity contribution in [1.29, 1.82) is 0 Å². The van der Waals surface area contributed by atoms with Crippen molar-refractivity contribution in [2.24, 2.45) is 5.92 Å². The van der Waals surface area contributed by atoms with Gasteiger partial charge in [0.25, 0.3) is 0 Å². The van der Waals surface area contributed by atoms with Crippen LogP contribution in [0, 0.1) is 5.92 Å². The first-order valence-corrected chi connectivity index (χ1v) is 18.3. The molecule has 0 saturated heterocycles. The van der Waals surface area contributed by atoms with Crippen molar-refractivity contribution in [2.45, 2.75) is 102 Å². The van der Waals surface area contributed by atoms with Crippen LogP contribution in [-0.4, -0.2) is 39.3 Å². The van der Waals surface area contributed by atoms with E-state index in [1.807, 2.05) is 62.1 Å². The molecule has 1 fully saturated rings. The fourth-order valence-electron chi connectivity index (χ4n) is 6.62. The second-order valence-corrected chi connectivity index (χ2v) is 19.2. The van der Waals surface area contributed by atoms with E-state index in [0.29, 0.717) is 32.5 Å². The van der Waals surface area contributed by atoms with Crippen molar-refractivity contribution in [1.82, 2.24) is 0 Å². The monoisotopic (exact) mass is 605 g/mol. The number of hydrogen-bond acceptors (Lipinski definition) is 5. The smallest absolute Gasteiger partial charge is 0.415 e. The SMILES string of the molecule is C=C[C@@H]1[C@@]2(CCC(=C)O[Si](C)(C)C(C)(C)C)N(C(=O)OC(C)(C)C)c3ccc(OC)cc3[C@]12CCOCc1ccccc1. The molecule has 2 aromatic carbocycles. The van der Waals surface area contributed by atoms with E-state index in [4.69, 9.17) is 18.6 Å². The molecule has 1 heterocycles. The van der Waals surface area contributed by atoms with E-state index in [9.17, 15) is 4.79 Å². The summed E-state index contributed by atoms with van der Waals surface area (Å²) in [5.41, 5.74) is 1.40. The highest BCUT2D eigenvalue weighted by molar-refractivity contribution is 6.74. The molecule has 7 heteroatoms. The number of carbonyl (C=O) groups is 1. The van der Waals surface area contributed by atoms with Gasteiger partial charge < -0.3 is 18.6 Å². The maximum Gasteiger partial charge on any atom is 0.415 e. The Balaban J connectivity index is 1.72. The number of amides is 1. The van der Waals surface area contributed by atoms with Crippen LogP contribution in [0.1, 0.15) is 71.9 Å². The predicted octanol–water partition coefficient (Wildman–Crippen LogP) is 9.17. The molecular weight excluding hydrogens is 554 g/mol. The van der Waals surface area contributed by atoms with Crippen LogP contribution in [0.4, 0.5) is 10.5 Å². The number of hydrogen-bond donors (Lipinski definition) is 0. The summed E-state index contributed by atoms with van der Waals surface area (Å²) in [5.74, 6) is 1.51. The lowest BCUT2D eigenvalue weighted by molar-refractivity contribution is 0.0552. The first kappa shape index (κ1) is 32.9. The van der Waals surface area contributed by atoms with E-state index in [1.165, 1.54) is 0 Å². The zero-order valence-corrected chi connectivity index (χ0v) is 28.7. The van der Waals surface area contributed by atoms with Crippen molar-refractivity contribution in [3.63, 3.8) is 0 Å². The molecule has 6 nitrogen and oxygen atoms in total. The van der Waals surface area contributed by atoms with Gasteiger partial charge in [-0.1, -0.05) is 63.8 Å². The first-order valence-electron chi connectivity index (χ1n) is 15.4. The number of fused-ring (bicyclic) bond motifs is 3. The summed E-state index contributed by atoms with van der Waals surface area (Å²) in [6.07, 6.45) is 3.64. The highest BCUT2D eigenvalue weighted by atomic mass is 28.4. The minimum Gasteiger partial charge on any atom is -0.547 e. The van der Waals surface area contributed by atoms with E-state index >= 15 is 0 Å². The van der Waals surface area contributed by atoms with E-state index in [2.05, 4.69) is 65.2 Å². The molecule has 1 saturated carbocycles. The summed E-state index contributed by atoms with van der Waals surface area (Å²) < 4.78 is 24.6. The van der Waals surface area contributed by atoms with Crippen LogP contribution in [0.5, 0.6) is 5.75 Å². The Bertz CT molecular complexity index is 1340. The van der Waals surface area contributed by atoms with Crippen LogP contribution < -0.4 is 9.64 Å². The highest BCUT2D eigenvalue weighted by Crippen LogP contribution is 2.77. The third kappa shape index (κ3) is 6.03. The molecule has 234 valence electrons. The summed E-state index contributed by atoms with van der Waals surface area (Å²) in [4.78, 5) is 16.0. The van der Waals surface area contributed by atoms with E-state index in [1.54, 1.807) is 7.11 Å². The normalized spacial score (nSPS) is 22.8. The molecule has 0 unspecified atom stereocenters. The van der Waals surface area contributed by atoms with Crippen molar-refractivity contribution >= 4 is 20.1 Å². The molecule has 2 aromatic rings. The van der Waals surface area contributed by atoms with E-state index in [-0.39, 0.29) is 17.0 Å². The second-order valence-electron chi connectivity index (χ2n) is 14.5. The second kappa shape index (κ2) is 11.8. The Morgan fingerprint density at radius 1 is 1.05 bits per heavy atom. The molecule has 43 heavy (non-hydrogen) atoms. The molecule has 2 aliphatic rings. The van der Waals surface area contributed by atoms with Crippen LogP contribution in [0.2, 0.25) is 18.1 Å². The summed E-state index contributed by atoms with van der Waals surface area (Å²) in [6.45, 7) is 26.6. The van der Waals surface area contributed by atoms with Crippen LogP contribution >= 0.6 is 0 Å². The van der Waals surface area contributed by atoms with E-state index < -0.39 is 24.9 Å². The Morgan fingerprint density at radius 2 is 1.72 bits per heavy atom. The molecular formula is C36H51NO5Si. The zero-order valence-electron chi connectivity index (χ0n) is 27.7. The fourth-order valence-corrected chi connectivity index (χ4v) is 7.75. The number of ether oxygens (including phenoxy) is 3. The molecule has 0 radical (unpaired) electrons. The Hall–Kier alpha value is -3.03. The average molecular weight is 606 g/mol. The van der Waals surface area contributed by atoms with Gasteiger partial charge in [-0.2, -0.15) is 0 Å². The molecule has 0 N–H and O–H groups in total. The highest BCUT2D eigenvalue weighted by Gasteiger charge is 2.83. The minimum atomic E-state index is -2.07. The van der Waals surface area contributed by atoms with Crippen LogP contribution in [0.3, 0.4) is 0 Å². The lowest BCUT2D eigenvalue weighted by Gasteiger charge is -2.38. The van der Waals surface area contributed by atoms with Crippen LogP contribution in [0.25, 0.3) is 0 Å². The van der Waals surface area contributed by atoms with E-state index in [0.717, 1.165) is 28.3 Å². The largest absolute Gasteiger partial charge is 0.547 e. The number of nitrogens with zero attached hydrogens (tertiary/aromatic N) is 1. The standard InChI is InChI=1S/C36H51NO5Si/c1-12-31-35(22-23-40-25-27-16-14-13-15-17-27)29-24-28(39-9)18-19-30(29)37(32(38)41-33(3,4)5)36(31,35)21-20-26(2)42-43(10,11)34(6,7)8/h12-19,24,31H,1-2,20-23,25H2,3-11H3/t31-,35+,36+/m0/s1. The van der Waals surface area contributed by atoms with Gasteiger partial charge in [-0.05, 0) is 81.1 Å². The summed E-state index contributed by atoms with van der Waals surface area (Å²) in [5, 5.41) is 0.0556. The van der Waals surface area contributed by atoms with Gasteiger partial charge in [0, 0.05) is 24.4 Å². The number of methoxy groups -OCH3 is 1. The summed E-state index contributed by atoms with van der Waals surface area (Å²) in [6, 6.07) is 16.2. The quantitative estimate of drug-likeness (QED) is 0.104. The minimum absolute atomic E-state index is 0.00637. The van der Waals surface area contributed by atoms with Gasteiger partial charge in [0.15, 0.2) is 0 Å². The molecule has 0 spiro atoms. The molecule has 4 rings (SSSR count). The van der Waals surface area contributed by atoms with Crippen LogP contribution in [0.15, 0.2) is 73.5 Å². The van der Waals surface area contributed by atoms with Crippen molar-refractivity contribution in [2.75, 3.05) is 18.6 Å². The van der Waals surface area contributed by atoms with Crippen molar-refractivity contribution in [3.05, 3.63) is 84.7 Å². The predicted molar refractivity (Wildman–Crippen MR) is 177 cm³/mol. The number of benzene rings is 2. The topological polar surface area (TPSA) is 57.2 Å². The third-order valence-electron chi connectivity index (χ3n) is 9.61. The average Bonchev–Trinajstić information content (AvgIpc) is 3.40. The van der Waals surface area contributed by atoms with Gasteiger partial charge in [0.1, 0.15) is 11.4 Å². The van der Waals surface area contributed by atoms with Gasteiger partial charge in [-0.15, -0.1) is 6.58 Å². The Kier molecular flexibility index (Phi) is 9.03. The summed E-state index contributed by atoms with van der Waals surface area (Å²) >= 11 is 0. The molecule has 1 aliphatic heterocycles. The lowest BCUT2D eigenvalue weighted by atomic mass is 9.87. The molecule has 0 aromatic heterocycles. The maximum absolute atomic E-state index is 14.1. The van der Waals surface area contributed by atoms with Crippen molar-refractivity contribution in [3.8, 4) is 5.75 Å². The summed E-state index contributed by atoms with van der Waals surface area (Å²) in [7, 11) is -0.394. The first-order chi connectivity index (χ1) is 20.0.